The number of nitrogens with zero attached hydrogens (tertiary/aromatic N) is 4. The van der Waals surface area contributed by atoms with Crippen molar-refractivity contribution in [2.45, 2.75) is 65.8 Å². The van der Waals surface area contributed by atoms with Crippen molar-refractivity contribution in [3.63, 3.8) is 0 Å². The molecular formula is C27H40N6. The molecule has 1 fully saturated rings. The van der Waals surface area contributed by atoms with Crippen LogP contribution in [-0.2, 0) is 6.42 Å². The van der Waals surface area contributed by atoms with Crippen molar-refractivity contribution in [2.24, 2.45) is 5.41 Å². The SMILES string of the molecule is C=CC(C)(C)CC(C)(C)N1CCN(c2ccc3nc(N)c4[nH]c(CCCC)nc4c3c2)CC1. The number of unbranched alkanes of at least 4 members (excludes halogenated alkanes) is 1. The van der Waals surface area contributed by atoms with Gasteiger partial charge in [-0.2, -0.15) is 0 Å². The lowest BCUT2D eigenvalue weighted by molar-refractivity contribution is 0.0785. The van der Waals surface area contributed by atoms with Crippen LogP contribution >= 0.6 is 0 Å². The summed E-state index contributed by atoms with van der Waals surface area (Å²) < 4.78 is 0. The lowest BCUT2D eigenvalue weighted by atomic mass is 9.79. The topological polar surface area (TPSA) is 74.1 Å². The molecule has 6 nitrogen and oxygen atoms in total. The van der Waals surface area contributed by atoms with E-state index in [0.717, 1.165) is 79.6 Å². The van der Waals surface area contributed by atoms with Crippen LogP contribution in [0.4, 0.5) is 11.5 Å². The maximum atomic E-state index is 6.25. The van der Waals surface area contributed by atoms with Gasteiger partial charge in [0.1, 0.15) is 22.7 Å². The maximum absolute atomic E-state index is 6.25. The number of hydrogen-bond acceptors (Lipinski definition) is 5. The minimum atomic E-state index is 0.138. The van der Waals surface area contributed by atoms with Gasteiger partial charge in [0.2, 0.25) is 0 Å². The molecule has 0 bridgehead atoms. The van der Waals surface area contributed by atoms with Crippen molar-refractivity contribution < 1.29 is 0 Å². The highest BCUT2D eigenvalue weighted by molar-refractivity contribution is 6.07. The standard InChI is InChI=1S/C27H40N6/c1-7-9-10-22-30-23-20-17-19(11-12-21(20)29-25(28)24(23)31-22)32-13-15-33(16-14-32)27(5,6)18-26(3,4)8-2/h8,11-12,17H,2,7,9-10,13-16,18H2,1,3-6H3,(H2,28,29)(H,30,31). The molecule has 6 heteroatoms. The third-order valence-corrected chi connectivity index (χ3v) is 7.19. The molecular weight excluding hydrogens is 408 g/mol. The average molecular weight is 449 g/mol. The predicted octanol–water partition coefficient (Wildman–Crippen LogP) is 5.54. The number of piperazine rings is 1. The normalized spacial score (nSPS) is 16.1. The molecule has 0 aliphatic carbocycles. The summed E-state index contributed by atoms with van der Waals surface area (Å²) in [6.07, 6.45) is 6.38. The molecule has 4 rings (SSSR count). The van der Waals surface area contributed by atoms with Crippen LogP contribution in [0.3, 0.4) is 0 Å². The fourth-order valence-corrected chi connectivity index (χ4v) is 5.33. The molecule has 1 aliphatic rings. The summed E-state index contributed by atoms with van der Waals surface area (Å²) in [6, 6.07) is 6.51. The Hall–Kier alpha value is -2.60. The van der Waals surface area contributed by atoms with Crippen molar-refractivity contribution >= 4 is 33.4 Å². The summed E-state index contributed by atoms with van der Waals surface area (Å²) in [5.41, 5.74) is 10.5. The number of imidazole rings is 1. The van der Waals surface area contributed by atoms with Crippen LogP contribution in [0.25, 0.3) is 21.9 Å². The van der Waals surface area contributed by atoms with E-state index in [0.29, 0.717) is 5.82 Å². The maximum Gasteiger partial charge on any atom is 0.150 e. The van der Waals surface area contributed by atoms with Gasteiger partial charge in [-0.3, -0.25) is 4.90 Å². The lowest BCUT2D eigenvalue weighted by Crippen LogP contribution is -2.55. The van der Waals surface area contributed by atoms with E-state index in [1.165, 1.54) is 5.69 Å². The Morgan fingerprint density at radius 1 is 1.12 bits per heavy atom. The van der Waals surface area contributed by atoms with Gasteiger partial charge in [0.15, 0.2) is 0 Å². The number of pyridine rings is 1. The van der Waals surface area contributed by atoms with Crippen LogP contribution in [-0.4, -0.2) is 51.6 Å². The molecule has 1 aromatic carbocycles. The molecule has 3 N–H and O–H groups in total. The van der Waals surface area contributed by atoms with Gasteiger partial charge in [0, 0.05) is 49.2 Å². The number of allylic oxidation sites excluding steroid dienone is 1. The smallest absolute Gasteiger partial charge is 0.150 e. The van der Waals surface area contributed by atoms with E-state index in [1.54, 1.807) is 0 Å². The molecule has 0 unspecified atom stereocenters. The minimum Gasteiger partial charge on any atom is -0.382 e. The summed E-state index contributed by atoms with van der Waals surface area (Å²) in [6.45, 7) is 19.6. The number of H-pyrrole nitrogens is 1. The lowest BCUT2D eigenvalue weighted by Gasteiger charge is -2.47. The van der Waals surface area contributed by atoms with Crippen molar-refractivity contribution in [1.82, 2.24) is 19.9 Å². The average Bonchev–Trinajstić information content (AvgIpc) is 3.22. The molecule has 33 heavy (non-hydrogen) atoms. The van der Waals surface area contributed by atoms with E-state index in [9.17, 15) is 0 Å². The first-order valence-electron chi connectivity index (χ1n) is 12.3. The van der Waals surface area contributed by atoms with Gasteiger partial charge in [0.05, 0.1) is 5.52 Å². The first kappa shape index (κ1) is 23.6. The molecule has 0 atom stereocenters. The van der Waals surface area contributed by atoms with E-state index >= 15 is 0 Å². The van der Waals surface area contributed by atoms with Crippen molar-refractivity contribution in [3.05, 3.63) is 36.7 Å². The Morgan fingerprint density at radius 3 is 2.52 bits per heavy atom. The van der Waals surface area contributed by atoms with E-state index in [4.69, 9.17) is 10.7 Å². The highest BCUT2D eigenvalue weighted by Crippen LogP contribution is 2.34. The Morgan fingerprint density at radius 2 is 1.85 bits per heavy atom. The van der Waals surface area contributed by atoms with Crippen LogP contribution in [0.1, 0.15) is 59.7 Å². The number of nitrogens with one attached hydrogen (secondary N) is 1. The molecule has 2 aromatic heterocycles. The number of rotatable bonds is 8. The van der Waals surface area contributed by atoms with Crippen molar-refractivity contribution in [3.8, 4) is 0 Å². The third kappa shape index (κ3) is 4.86. The number of fused-ring (bicyclic) bond motifs is 3. The van der Waals surface area contributed by atoms with Crippen molar-refractivity contribution in [1.29, 1.82) is 0 Å². The first-order chi connectivity index (χ1) is 15.6. The minimum absolute atomic E-state index is 0.138. The van der Waals surface area contributed by atoms with Gasteiger partial charge < -0.3 is 15.6 Å². The van der Waals surface area contributed by atoms with Gasteiger partial charge in [-0.05, 0) is 50.3 Å². The largest absolute Gasteiger partial charge is 0.382 e. The highest BCUT2D eigenvalue weighted by atomic mass is 15.3. The molecule has 1 aliphatic heterocycles. The number of benzene rings is 1. The number of hydrogen-bond donors (Lipinski definition) is 2. The van der Waals surface area contributed by atoms with Crippen LogP contribution < -0.4 is 10.6 Å². The monoisotopic (exact) mass is 448 g/mol. The molecule has 0 spiro atoms. The summed E-state index contributed by atoms with van der Waals surface area (Å²) in [5.74, 6) is 1.52. The quantitative estimate of drug-likeness (QED) is 0.443. The number of aromatic amines is 1. The van der Waals surface area contributed by atoms with Gasteiger partial charge in [-0.1, -0.05) is 33.3 Å². The van der Waals surface area contributed by atoms with Gasteiger partial charge >= 0.3 is 0 Å². The number of anilines is 2. The summed E-state index contributed by atoms with van der Waals surface area (Å²) >= 11 is 0. The van der Waals surface area contributed by atoms with E-state index in [2.05, 4.69) is 85.2 Å². The van der Waals surface area contributed by atoms with E-state index in [1.807, 2.05) is 0 Å². The molecule has 1 saturated heterocycles. The van der Waals surface area contributed by atoms with Crippen LogP contribution in [0, 0.1) is 5.41 Å². The first-order valence-corrected chi connectivity index (χ1v) is 12.3. The van der Waals surface area contributed by atoms with Gasteiger partial charge in [-0.25, -0.2) is 9.97 Å². The highest BCUT2D eigenvalue weighted by Gasteiger charge is 2.34. The van der Waals surface area contributed by atoms with Crippen LogP contribution in [0.5, 0.6) is 0 Å². The summed E-state index contributed by atoms with van der Waals surface area (Å²) in [7, 11) is 0. The number of aromatic nitrogens is 3. The number of nitrogen functional groups attached to an aromatic ring is 1. The Labute approximate surface area is 198 Å². The second-order valence-corrected chi connectivity index (χ2v) is 10.9. The third-order valence-electron chi connectivity index (χ3n) is 7.19. The van der Waals surface area contributed by atoms with Gasteiger partial charge in [-0.15, -0.1) is 6.58 Å². The zero-order valence-electron chi connectivity index (χ0n) is 21.0. The fourth-order valence-electron chi connectivity index (χ4n) is 5.33. The molecule has 0 amide bonds. The number of nitrogens with two attached hydrogens (primary N) is 1. The molecule has 3 aromatic rings. The summed E-state index contributed by atoms with van der Waals surface area (Å²) in [4.78, 5) is 18.1. The molecule has 3 heterocycles. The van der Waals surface area contributed by atoms with E-state index < -0.39 is 0 Å². The predicted molar refractivity (Wildman–Crippen MR) is 141 cm³/mol. The molecule has 178 valence electrons. The van der Waals surface area contributed by atoms with Crippen molar-refractivity contribution in [2.75, 3.05) is 36.8 Å². The van der Waals surface area contributed by atoms with E-state index in [-0.39, 0.29) is 11.0 Å². The number of aryl methyl sites for hydroxylation is 1. The fraction of sp³-hybridized carbons (Fsp3) is 0.556. The Balaban J connectivity index is 1.56. The zero-order chi connectivity index (χ0) is 23.8. The van der Waals surface area contributed by atoms with Crippen LogP contribution in [0.2, 0.25) is 0 Å². The van der Waals surface area contributed by atoms with Crippen LogP contribution in [0.15, 0.2) is 30.9 Å². The Kier molecular flexibility index (Phi) is 6.41. The summed E-state index contributed by atoms with van der Waals surface area (Å²) in [5, 5.41) is 1.08. The molecule has 0 radical (unpaired) electrons. The zero-order valence-corrected chi connectivity index (χ0v) is 21.0. The Bertz CT molecular complexity index is 1130. The van der Waals surface area contributed by atoms with Gasteiger partial charge in [0.25, 0.3) is 0 Å². The molecule has 0 saturated carbocycles. The second-order valence-electron chi connectivity index (χ2n) is 10.9. The second kappa shape index (κ2) is 8.98.